The zero-order valence-electron chi connectivity index (χ0n) is 7.91. The van der Waals surface area contributed by atoms with Gasteiger partial charge in [-0.05, 0) is 6.07 Å². The Morgan fingerprint density at radius 1 is 1.00 bits per heavy atom. The maximum absolute atomic E-state index is 10.8. The van der Waals surface area contributed by atoms with Crippen molar-refractivity contribution in [1.29, 1.82) is 0 Å². The fraction of sp³-hybridized carbons (Fsp3) is 0. The molecule has 2 aromatic rings. The van der Waals surface area contributed by atoms with Crippen molar-refractivity contribution in [3.8, 4) is 5.69 Å². The average molecular weight is 201 g/mol. The quantitative estimate of drug-likeness (QED) is 0.423. The van der Waals surface area contributed by atoms with E-state index in [1.54, 1.807) is 22.9 Å². The number of benzene rings is 1. The predicted molar refractivity (Wildman–Crippen MR) is 54.6 cm³/mol. The fourth-order valence-corrected chi connectivity index (χ4v) is 1.39. The van der Waals surface area contributed by atoms with E-state index in [-0.39, 0.29) is 5.82 Å². The number of nitro groups is 1. The van der Waals surface area contributed by atoms with Crippen LogP contribution in [0.15, 0.2) is 54.7 Å². The Labute approximate surface area is 86.6 Å². The number of para-hydroxylation sites is 1. The van der Waals surface area contributed by atoms with Crippen LogP contribution in [0.2, 0.25) is 0 Å². The Morgan fingerprint density at radius 2 is 1.67 bits per heavy atom. The van der Waals surface area contributed by atoms with Crippen LogP contribution in [0.1, 0.15) is 0 Å². The minimum absolute atomic E-state index is 0.0590. The van der Waals surface area contributed by atoms with Gasteiger partial charge in [0.1, 0.15) is 4.92 Å². The number of rotatable bonds is 2. The summed E-state index contributed by atoms with van der Waals surface area (Å²) < 4.78 is 1.54. The maximum atomic E-state index is 10.8. The summed E-state index contributed by atoms with van der Waals surface area (Å²) in [6.45, 7) is 0. The van der Waals surface area contributed by atoms with Gasteiger partial charge < -0.3 is 0 Å². The van der Waals surface area contributed by atoms with Gasteiger partial charge in [0.2, 0.25) is 5.69 Å². The van der Waals surface area contributed by atoms with E-state index in [4.69, 9.17) is 0 Å². The standard InChI is InChI=1S/C11H9N2O2/c14-13(15)11-8-4-5-9-12(11)10-6-2-1-3-7-10/h1-9H/q+1. The van der Waals surface area contributed by atoms with E-state index < -0.39 is 4.92 Å². The van der Waals surface area contributed by atoms with Crippen LogP contribution >= 0.6 is 0 Å². The Balaban J connectivity index is 2.58. The first-order chi connectivity index (χ1) is 7.29. The van der Waals surface area contributed by atoms with E-state index in [0.29, 0.717) is 0 Å². The molecule has 0 aliphatic heterocycles. The summed E-state index contributed by atoms with van der Waals surface area (Å²) in [7, 11) is 0. The van der Waals surface area contributed by atoms with Crippen LogP contribution in [0.5, 0.6) is 0 Å². The Bertz CT molecular complexity index is 483. The summed E-state index contributed by atoms with van der Waals surface area (Å²) in [6.07, 6.45) is 1.67. The van der Waals surface area contributed by atoms with E-state index in [0.717, 1.165) is 5.69 Å². The molecule has 0 N–H and O–H groups in total. The summed E-state index contributed by atoms with van der Waals surface area (Å²) >= 11 is 0. The molecule has 1 aromatic carbocycles. The molecule has 0 radical (unpaired) electrons. The van der Waals surface area contributed by atoms with Crippen molar-refractivity contribution in [2.24, 2.45) is 0 Å². The van der Waals surface area contributed by atoms with Crippen LogP contribution in [0.25, 0.3) is 5.69 Å². The molecule has 0 atom stereocenters. The zero-order chi connectivity index (χ0) is 10.7. The SMILES string of the molecule is O=[N+]([O-])c1cccc[n+]1-c1ccccc1. The van der Waals surface area contributed by atoms with Crippen LogP contribution in [0.3, 0.4) is 0 Å². The molecule has 0 aliphatic carbocycles. The lowest BCUT2D eigenvalue weighted by Crippen LogP contribution is -2.33. The van der Waals surface area contributed by atoms with E-state index >= 15 is 0 Å². The van der Waals surface area contributed by atoms with Gasteiger partial charge in [0.25, 0.3) is 0 Å². The van der Waals surface area contributed by atoms with E-state index in [9.17, 15) is 10.1 Å². The molecule has 0 saturated carbocycles. The Morgan fingerprint density at radius 3 is 2.33 bits per heavy atom. The first-order valence-electron chi connectivity index (χ1n) is 4.49. The molecule has 4 heteroatoms. The Hall–Kier alpha value is -2.23. The van der Waals surface area contributed by atoms with Gasteiger partial charge in [0, 0.05) is 18.2 Å². The molecule has 0 unspecified atom stereocenters. The molecule has 0 spiro atoms. The lowest BCUT2D eigenvalue weighted by Gasteiger charge is -1.94. The Kier molecular flexibility index (Phi) is 2.41. The highest BCUT2D eigenvalue weighted by atomic mass is 16.6. The van der Waals surface area contributed by atoms with Gasteiger partial charge in [0.15, 0.2) is 6.20 Å². The highest BCUT2D eigenvalue weighted by molar-refractivity contribution is 5.24. The van der Waals surface area contributed by atoms with Gasteiger partial charge in [-0.25, -0.2) is 0 Å². The van der Waals surface area contributed by atoms with Crippen LogP contribution in [-0.4, -0.2) is 4.92 Å². The minimum atomic E-state index is -0.396. The third-order valence-corrected chi connectivity index (χ3v) is 2.06. The van der Waals surface area contributed by atoms with E-state index in [1.165, 1.54) is 6.07 Å². The second-order valence-corrected chi connectivity index (χ2v) is 3.02. The van der Waals surface area contributed by atoms with Gasteiger partial charge in [0.05, 0.1) is 6.07 Å². The van der Waals surface area contributed by atoms with Crippen LogP contribution < -0.4 is 4.57 Å². The fourth-order valence-electron chi connectivity index (χ4n) is 1.39. The molecular formula is C11H9N2O2+. The van der Waals surface area contributed by atoms with Crippen molar-refractivity contribution < 1.29 is 9.49 Å². The maximum Gasteiger partial charge on any atom is 0.507 e. The van der Waals surface area contributed by atoms with Crippen molar-refractivity contribution in [1.82, 2.24) is 0 Å². The molecule has 2 rings (SSSR count). The molecule has 0 aliphatic rings. The van der Waals surface area contributed by atoms with Crippen LogP contribution in [0.4, 0.5) is 5.82 Å². The van der Waals surface area contributed by atoms with Crippen molar-refractivity contribution >= 4 is 5.82 Å². The van der Waals surface area contributed by atoms with Crippen LogP contribution in [0, 0.1) is 10.1 Å². The topological polar surface area (TPSA) is 47.0 Å². The summed E-state index contributed by atoms with van der Waals surface area (Å²) in [5.74, 6) is 0.0590. The highest BCUT2D eigenvalue weighted by Gasteiger charge is 2.22. The monoisotopic (exact) mass is 201 g/mol. The summed E-state index contributed by atoms with van der Waals surface area (Å²) in [5.41, 5.74) is 0.782. The van der Waals surface area contributed by atoms with Crippen molar-refractivity contribution in [3.63, 3.8) is 0 Å². The molecule has 15 heavy (non-hydrogen) atoms. The van der Waals surface area contributed by atoms with Crippen molar-refractivity contribution in [2.75, 3.05) is 0 Å². The second kappa shape index (κ2) is 3.88. The summed E-state index contributed by atoms with van der Waals surface area (Å²) in [4.78, 5) is 10.4. The van der Waals surface area contributed by atoms with Gasteiger partial charge >= 0.3 is 5.82 Å². The molecule has 0 fully saturated rings. The number of hydrogen-bond acceptors (Lipinski definition) is 2. The molecule has 0 bridgehead atoms. The van der Waals surface area contributed by atoms with Gasteiger partial charge in [-0.15, -0.1) is 0 Å². The smallest absolute Gasteiger partial charge is 0.253 e. The number of nitrogens with zero attached hydrogens (tertiary/aromatic N) is 2. The largest absolute Gasteiger partial charge is 0.507 e. The lowest BCUT2D eigenvalue weighted by molar-refractivity contribution is -0.657. The van der Waals surface area contributed by atoms with E-state index in [1.807, 2.05) is 30.3 Å². The van der Waals surface area contributed by atoms with Gasteiger partial charge in [-0.1, -0.05) is 22.8 Å². The molecule has 0 amide bonds. The average Bonchev–Trinajstić information content (AvgIpc) is 2.30. The zero-order valence-corrected chi connectivity index (χ0v) is 7.91. The lowest BCUT2D eigenvalue weighted by atomic mass is 10.3. The first-order valence-corrected chi connectivity index (χ1v) is 4.49. The summed E-state index contributed by atoms with van der Waals surface area (Å²) in [5, 5.41) is 10.8. The van der Waals surface area contributed by atoms with Crippen molar-refractivity contribution in [2.45, 2.75) is 0 Å². The van der Waals surface area contributed by atoms with Crippen molar-refractivity contribution in [3.05, 3.63) is 64.8 Å². The molecular weight excluding hydrogens is 192 g/mol. The second-order valence-electron chi connectivity index (χ2n) is 3.02. The third-order valence-electron chi connectivity index (χ3n) is 2.06. The molecule has 4 nitrogen and oxygen atoms in total. The summed E-state index contributed by atoms with van der Waals surface area (Å²) in [6, 6.07) is 14.1. The molecule has 74 valence electrons. The van der Waals surface area contributed by atoms with Gasteiger partial charge in [-0.2, -0.15) is 0 Å². The number of hydrogen-bond donors (Lipinski definition) is 0. The van der Waals surface area contributed by atoms with E-state index in [2.05, 4.69) is 0 Å². The molecule has 1 aromatic heterocycles. The normalized spacial score (nSPS) is 9.87. The number of pyridine rings is 1. The van der Waals surface area contributed by atoms with Crippen LogP contribution in [-0.2, 0) is 0 Å². The number of aromatic nitrogens is 1. The third kappa shape index (κ3) is 1.83. The molecule has 1 heterocycles. The highest BCUT2D eigenvalue weighted by Crippen LogP contribution is 2.07. The predicted octanol–water partition coefficient (Wildman–Crippen LogP) is 1.87. The molecule has 0 saturated heterocycles. The van der Waals surface area contributed by atoms with Gasteiger partial charge in [-0.3, -0.25) is 10.1 Å². The minimum Gasteiger partial charge on any atom is -0.253 e. The first kappa shape index (κ1) is 9.33.